The standard InChI is InChI=1S/C18H16F5N7O/c19-8-17(5-14(18(21,22)23)31-16(25)28-17)12-4-9(1-2-13(12)20)10-3-11(7-27-6-10)15(24)29-30-26/h1-4,6-7,14H,5,8H2,(H2,25,28)(H3,24,26,29)/t14-,17+/m0/s1. The lowest BCUT2D eigenvalue weighted by Gasteiger charge is -2.36. The smallest absolute Gasteiger partial charge is 0.425 e. The van der Waals surface area contributed by atoms with Crippen LogP contribution in [0.3, 0.4) is 0 Å². The largest absolute Gasteiger partial charge is 0.452 e. The Morgan fingerprint density at radius 2 is 2.00 bits per heavy atom. The Labute approximate surface area is 172 Å². The van der Waals surface area contributed by atoms with Crippen LogP contribution in [0.25, 0.3) is 11.1 Å². The van der Waals surface area contributed by atoms with E-state index in [0.717, 1.165) is 6.07 Å². The molecule has 8 nitrogen and oxygen atoms in total. The molecule has 0 fully saturated rings. The van der Waals surface area contributed by atoms with Crippen LogP contribution in [0, 0.1) is 11.2 Å². The lowest BCUT2D eigenvalue weighted by Crippen LogP contribution is -2.48. The van der Waals surface area contributed by atoms with Crippen molar-refractivity contribution in [2.75, 3.05) is 6.67 Å². The van der Waals surface area contributed by atoms with Gasteiger partial charge in [0.25, 0.3) is 6.02 Å². The first kappa shape index (κ1) is 22.1. The van der Waals surface area contributed by atoms with Crippen LogP contribution in [0.1, 0.15) is 17.5 Å². The number of nitrogens with one attached hydrogen (secondary N) is 1. The number of aliphatic imine (C=N–C) groups is 1. The van der Waals surface area contributed by atoms with Crippen LogP contribution in [-0.4, -0.2) is 35.8 Å². The summed E-state index contributed by atoms with van der Waals surface area (Å²) in [7, 11) is 0. The monoisotopic (exact) mass is 441 g/mol. The first-order valence-corrected chi connectivity index (χ1v) is 8.69. The number of alkyl halides is 4. The number of ether oxygens (including phenoxy) is 1. The SMILES string of the molecule is N=C(N=NN)c1cncc(-c2ccc(F)c([C@]3(CF)C[C@@H](C(F)(F)F)OC(N)=N3)c2)c1. The van der Waals surface area contributed by atoms with Crippen molar-refractivity contribution >= 4 is 11.9 Å². The summed E-state index contributed by atoms with van der Waals surface area (Å²) in [6, 6.07) is 4.04. The molecule has 5 N–H and O–H groups in total. The zero-order valence-electron chi connectivity index (χ0n) is 15.7. The van der Waals surface area contributed by atoms with Gasteiger partial charge >= 0.3 is 6.18 Å². The predicted octanol–water partition coefficient (Wildman–Crippen LogP) is 3.37. The fourth-order valence-corrected chi connectivity index (χ4v) is 3.19. The molecule has 2 atom stereocenters. The Morgan fingerprint density at radius 3 is 2.65 bits per heavy atom. The third-order valence-electron chi connectivity index (χ3n) is 4.67. The van der Waals surface area contributed by atoms with Gasteiger partial charge in [-0.3, -0.25) is 10.4 Å². The van der Waals surface area contributed by atoms with Crippen LogP contribution >= 0.6 is 0 Å². The molecule has 1 aliphatic rings. The summed E-state index contributed by atoms with van der Waals surface area (Å²) < 4.78 is 73.0. The number of nitrogens with zero attached hydrogens (tertiary/aromatic N) is 4. The Kier molecular flexibility index (Phi) is 5.86. The fourth-order valence-electron chi connectivity index (χ4n) is 3.19. The summed E-state index contributed by atoms with van der Waals surface area (Å²) >= 11 is 0. The van der Waals surface area contributed by atoms with E-state index in [1.54, 1.807) is 0 Å². The highest BCUT2D eigenvalue weighted by molar-refractivity contribution is 5.97. The molecular weight excluding hydrogens is 425 g/mol. The molecule has 1 aromatic heterocycles. The van der Waals surface area contributed by atoms with Gasteiger partial charge in [0.2, 0.25) is 0 Å². The summed E-state index contributed by atoms with van der Waals surface area (Å²) in [5.74, 6) is 3.66. The highest BCUT2D eigenvalue weighted by Gasteiger charge is 2.52. The predicted molar refractivity (Wildman–Crippen MR) is 100 cm³/mol. The number of hydrogen-bond donors (Lipinski definition) is 3. The lowest BCUT2D eigenvalue weighted by molar-refractivity contribution is -0.209. The third-order valence-corrected chi connectivity index (χ3v) is 4.67. The molecule has 13 heteroatoms. The van der Waals surface area contributed by atoms with Gasteiger partial charge in [0.05, 0.1) is 0 Å². The van der Waals surface area contributed by atoms with E-state index in [0.29, 0.717) is 11.1 Å². The Bertz CT molecular complexity index is 1060. The quantitative estimate of drug-likeness (QED) is 0.167. The number of rotatable bonds is 4. The van der Waals surface area contributed by atoms with Gasteiger partial charge in [0.15, 0.2) is 11.9 Å². The molecule has 0 bridgehead atoms. The molecular formula is C18H16F5N7O. The van der Waals surface area contributed by atoms with Crippen molar-refractivity contribution in [3.8, 4) is 11.1 Å². The molecule has 1 aromatic carbocycles. The number of pyridine rings is 1. The number of halogens is 5. The Morgan fingerprint density at radius 1 is 1.26 bits per heavy atom. The van der Waals surface area contributed by atoms with Gasteiger partial charge < -0.3 is 16.3 Å². The van der Waals surface area contributed by atoms with Gasteiger partial charge in [-0.1, -0.05) is 11.3 Å². The first-order valence-electron chi connectivity index (χ1n) is 8.69. The van der Waals surface area contributed by atoms with E-state index in [1.807, 2.05) is 0 Å². The van der Waals surface area contributed by atoms with Gasteiger partial charge in [-0.2, -0.15) is 13.2 Å². The van der Waals surface area contributed by atoms with Crippen LogP contribution in [-0.2, 0) is 10.3 Å². The number of nitrogens with two attached hydrogens (primary N) is 2. The lowest BCUT2D eigenvalue weighted by atomic mass is 9.83. The fraction of sp³-hybridized carbons (Fsp3) is 0.278. The molecule has 1 aliphatic heterocycles. The zero-order chi connectivity index (χ0) is 22.8. The summed E-state index contributed by atoms with van der Waals surface area (Å²) in [6.45, 7) is -1.44. The molecule has 0 saturated carbocycles. The Balaban J connectivity index is 2.10. The summed E-state index contributed by atoms with van der Waals surface area (Å²) in [6.07, 6.45) is -5.61. The van der Waals surface area contributed by atoms with Crippen LogP contribution in [0.5, 0.6) is 0 Å². The van der Waals surface area contributed by atoms with E-state index in [9.17, 15) is 22.0 Å². The van der Waals surface area contributed by atoms with Crippen LogP contribution in [0.4, 0.5) is 22.0 Å². The second kappa shape index (κ2) is 8.24. The maximum Gasteiger partial charge on any atom is 0.425 e. The topological polar surface area (TPSA) is 135 Å². The van der Waals surface area contributed by atoms with Crippen molar-refractivity contribution < 1.29 is 26.7 Å². The molecule has 0 saturated heterocycles. The van der Waals surface area contributed by atoms with Gasteiger partial charge in [-0.15, -0.1) is 5.11 Å². The maximum absolute atomic E-state index is 14.7. The van der Waals surface area contributed by atoms with Crippen molar-refractivity contribution in [2.24, 2.45) is 26.9 Å². The van der Waals surface area contributed by atoms with Gasteiger partial charge in [0, 0.05) is 35.5 Å². The van der Waals surface area contributed by atoms with E-state index < -0.39 is 48.3 Å². The molecule has 0 unspecified atom stereocenters. The van der Waals surface area contributed by atoms with E-state index in [4.69, 9.17) is 17.0 Å². The molecule has 0 spiro atoms. The van der Waals surface area contributed by atoms with E-state index >= 15 is 0 Å². The van der Waals surface area contributed by atoms with Crippen molar-refractivity contribution in [3.05, 3.63) is 53.6 Å². The number of benzene rings is 1. The van der Waals surface area contributed by atoms with E-state index in [-0.39, 0.29) is 11.4 Å². The van der Waals surface area contributed by atoms with E-state index in [1.165, 1.54) is 30.6 Å². The van der Waals surface area contributed by atoms with Crippen molar-refractivity contribution in [1.82, 2.24) is 4.98 Å². The highest BCUT2D eigenvalue weighted by Crippen LogP contribution is 2.42. The second-order valence-corrected chi connectivity index (χ2v) is 6.69. The zero-order valence-corrected chi connectivity index (χ0v) is 15.7. The van der Waals surface area contributed by atoms with Crippen LogP contribution in [0.15, 0.2) is 52.0 Å². The summed E-state index contributed by atoms with van der Waals surface area (Å²) in [5.41, 5.74) is 3.60. The minimum atomic E-state index is -4.86. The average Bonchev–Trinajstić information content (AvgIpc) is 2.73. The minimum Gasteiger partial charge on any atom is -0.452 e. The highest BCUT2D eigenvalue weighted by atomic mass is 19.4. The second-order valence-electron chi connectivity index (χ2n) is 6.69. The van der Waals surface area contributed by atoms with Crippen molar-refractivity contribution in [1.29, 1.82) is 5.41 Å². The van der Waals surface area contributed by atoms with Crippen LogP contribution in [0.2, 0.25) is 0 Å². The molecule has 2 heterocycles. The molecule has 0 radical (unpaired) electrons. The molecule has 0 aliphatic carbocycles. The molecule has 3 rings (SSSR count). The first-order chi connectivity index (χ1) is 14.6. The minimum absolute atomic E-state index is 0.225. The Hall–Kier alpha value is -3.64. The molecule has 31 heavy (non-hydrogen) atoms. The normalized spacial score (nSPS) is 21.6. The molecule has 2 aromatic rings. The number of hydrogen-bond acceptors (Lipinski definition) is 6. The van der Waals surface area contributed by atoms with Gasteiger partial charge in [-0.05, 0) is 23.8 Å². The third kappa shape index (κ3) is 4.44. The molecule has 164 valence electrons. The van der Waals surface area contributed by atoms with E-state index in [2.05, 4.69) is 25.1 Å². The van der Waals surface area contributed by atoms with Crippen molar-refractivity contribution in [3.63, 3.8) is 0 Å². The van der Waals surface area contributed by atoms with Gasteiger partial charge in [-0.25, -0.2) is 13.8 Å². The summed E-state index contributed by atoms with van der Waals surface area (Å²) in [4.78, 5) is 7.65. The van der Waals surface area contributed by atoms with Crippen molar-refractivity contribution in [2.45, 2.75) is 24.2 Å². The maximum atomic E-state index is 14.7. The van der Waals surface area contributed by atoms with Crippen LogP contribution < -0.4 is 11.6 Å². The molecule has 0 amide bonds. The number of amidine groups is 2. The number of aromatic nitrogens is 1. The average molecular weight is 441 g/mol. The van der Waals surface area contributed by atoms with Gasteiger partial charge in [0.1, 0.15) is 18.0 Å². The summed E-state index contributed by atoms with van der Waals surface area (Å²) in [5, 5.41) is 14.1.